The number of aromatic nitrogens is 2. The van der Waals surface area contributed by atoms with Gasteiger partial charge in [0.25, 0.3) is 0 Å². The molecule has 0 aliphatic heterocycles. The first kappa shape index (κ1) is 11.7. The van der Waals surface area contributed by atoms with Crippen molar-refractivity contribution in [2.45, 2.75) is 23.0 Å². The lowest BCUT2D eigenvalue weighted by molar-refractivity contribution is 0.684. The summed E-state index contributed by atoms with van der Waals surface area (Å²) in [6.07, 6.45) is 1.53. The summed E-state index contributed by atoms with van der Waals surface area (Å²) in [6, 6.07) is 3.69. The second-order valence-corrected chi connectivity index (χ2v) is 6.24. The number of halogens is 1. The Balaban J connectivity index is 2.49. The Kier molecular flexibility index (Phi) is 3.37. The first-order chi connectivity index (χ1) is 7.59. The number of rotatable bonds is 2. The molecule has 0 bridgehead atoms. The van der Waals surface area contributed by atoms with Gasteiger partial charge in [-0.1, -0.05) is 16.1 Å². The molecule has 0 spiro atoms. The molecule has 0 fully saturated rings. The van der Waals surface area contributed by atoms with Crippen molar-refractivity contribution in [1.82, 2.24) is 9.59 Å². The van der Waals surface area contributed by atoms with Gasteiger partial charge in [0, 0.05) is 9.92 Å². The van der Waals surface area contributed by atoms with Crippen molar-refractivity contribution in [2.75, 3.05) is 0 Å². The zero-order chi connectivity index (χ0) is 11.7. The molecular formula is C10H9ClN2OS2. The maximum atomic E-state index is 12.2. The molecule has 0 saturated carbocycles. The quantitative estimate of drug-likeness (QED) is 0.844. The zero-order valence-corrected chi connectivity index (χ0v) is 11.1. The van der Waals surface area contributed by atoms with Gasteiger partial charge in [-0.25, -0.2) is 4.21 Å². The Morgan fingerprint density at radius 1 is 1.31 bits per heavy atom. The van der Waals surface area contributed by atoms with Gasteiger partial charge < -0.3 is 0 Å². The molecule has 1 heterocycles. The maximum absolute atomic E-state index is 12.2. The Morgan fingerprint density at radius 2 is 2.06 bits per heavy atom. The van der Waals surface area contributed by atoms with Crippen LogP contribution in [0.2, 0.25) is 5.02 Å². The summed E-state index contributed by atoms with van der Waals surface area (Å²) in [5.74, 6) is 0. The minimum absolute atomic E-state index is 0.657. The van der Waals surface area contributed by atoms with Crippen molar-refractivity contribution in [2.24, 2.45) is 0 Å². The smallest absolute Gasteiger partial charge is 0.137 e. The highest BCUT2D eigenvalue weighted by Gasteiger charge is 2.13. The third-order valence-corrected chi connectivity index (χ3v) is 5.04. The van der Waals surface area contributed by atoms with Crippen LogP contribution >= 0.6 is 23.1 Å². The SMILES string of the molecule is Cc1cc([S@@](=O)c2cnns2)c(C)cc1Cl. The lowest BCUT2D eigenvalue weighted by atomic mass is 10.2. The molecule has 0 N–H and O–H groups in total. The molecular weight excluding hydrogens is 264 g/mol. The van der Waals surface area contributed by atoms with Gasteiger partial charge in [-0.15, -0.1) is 5.10 Å². The molecule has 0 saturated heterocycles. The third-order valence-electron chi connectivity index (χ3n) is 2.18. The van der Waals surface area contributed by atoms with Gasteiger partial charge in [0.1, 0.15) is 4.21 Å². The van der Waals surface area contributed by atoms with Crippen LogP contribution < -0.4 is 0 Å². The minimum atomic E-state index is -1.21. The summed E-state index contributed by atoms with van der Waals surface area (Å²) in [5.41, 5.74) is 1.84. The summed E-state index contributed by atoms with van der Waals surface area (Å²) < 4.78 is 16.6. The Morgan fingerprint density at radius 3 is 2.69 bits per heavy atom. The van der Waals surface area contributed by atoms with E-state index in [-0.39, 0.29) is 0 Å². The fourth-order valence-electron chi connectivity index (χ4n) is 1.30. The molecule has 0 aliphatic carbocycles. The lowest BCUT2D eigenvalue weighted by Gasteiger charge is -2.06. The molecule has 1 aromatic heterocycles. The molecule has 16 heavy (non-hydrogen) atoms. The predicted molar refractivity (Wildman–Crippen MR) is 65.5 cm³/mol. The standard InChI is InChI=1S/C10H9ClN2OS2/c1-6-4-9(7(2)3-8(6)11)16(14)10-5-12-13-15-10/h3-5H,1-2H3/t16-/m1/s1. The van der Waals surface area contributed by atoms with Gasteiger partial charge in [-0.2, -0.15) is 0 Å². The van der Waals surface area contributed by atoms with Gasteiger partial charge in [0.15, 0.2) is 0 Å². The van der Waals surface area contributed by atoms with Crippen LogP contribution in [0.15, 0.2) is 27.4 Å². The highest BCUT2D eigenvalue weighted by Crippen LogP contribution is 2.26. The Labute approximate surface area is 105 Å². The molecule has 1 atom stereocenters. The van der Waals surface area contributed by atoms with Gasteiger partial charge in [-0.05, 0) is 48.6 Å². The monoisotopic (exact) mass is 272 g/mol. The second kappa shape index (κ2) is 4.61. The highest BCUT2D eigenvalue weighted by molar-refractivity contribution is 7.87. The van der Waals surface area contributed by atoms with E-state index in [0.717, 1.165) is 27.6 Å². The molecule has 3 nitrogen and oxygen atoms in total. The van der Waals surface area contributed by atoms with Crippen molar-refractivity contribution in [3.05, 3.63) is 34.5 Å². The molecule has 6 heteroatoms. The van der Waals surface area contributed by atoms with Crippen LogP contribution in [0.3, 0.4) is 0 Å². The van der Waals surface area contributed by atoms with Crippen LogP contribution in [0.1, 0.15) is 11.1 Å². The highest BCUT2D eigenvalue weighted by atomic mass is 35.5. The van der Waals surface area contributed by atoms with E-state index in [1.54, 1.807) is 0 Å². The molecule has 84 valence electrons. The summed E-state index contributed by atoms with van der Waals surface area (Å²) in [7, 11) is -1.21. The zero-order valence-electron chi connectivity index (χ0n) is 8.73. The average Bonchev–Trinajstić information content (AvgIpc) is 2.75. The topological polar surface area (TPSA) is 42.9 Å². The predicted octanol–water partition coefficient (Wildman–Crippen LogP) is 2.98. The number of hydrogen-bond acceptors (Lipinski definition) is 4. The van der Waals surface area contributed by atoms with E-state index < -0.39 is 10.8 Å². The molecule has 2 aromatic rings. The molecule has 0 unspecified atom stereocenters. The van der Waals surface area contributed by atoms with E-state index in [2.05, 4.69) is 9.59 Å². The molecule has 2 rings (SSSR count). The Hall–Kier alpha value is -0.780. The normalized spacial score (nSPS) is 12.7. The number of hydrogen-bond donors (Lipinski definition) is 0. The first-order valence-corrected chi connectivity index (χ1v) is 6.85. The second-order valence-electron chi connectivity index (χ2n) is 3.37. The number of aryl methyl sites for hydroxylation is 2. The largest absolute Gasteiger partial charge is 0.248 e. The van der Waals surface area contributed by atoms with Crippen LogP contribution in [-0.2, 0) is 10.8 Å². The van der Waals surface area contributed by atoms with Crippen LogP contribution in [0.25, 0.3) is 0 Å². The molecule has 1 aromatic carbocycles. The van der Waals surface area contributed by atoms with E-state index in [0.29, 0.717) is 9.23 Å². The van der Waals surface area contributed by atoms with Gasteiger partial charge in [-0.3, -0.25) is 0 Å². The summed E-state index contributed by atoms with van der Waals surface area (Å²) in [5, 5.41) is 4.38. The van der Waals surface area contributed by atoms with Crippen molar-refractivity contribution < 1.29 is 4.21 Å². The van der Waals surface area contributed by atoms with Crippen molar-refractivity contribution in [3.63, 3.8) is 0 Å². The first-order valence-electron chi connectivity index (χ1n) is 4.55. The van der Waals surface area contributed by atoms with Crippen LogP contribution in [0.5, 0.6) is 0 Å². The average molecular weight is 273 g/mol. The van der Waals surface area contributed by atoms with Crippen molar-refractivity contribution in [3.8, 4) is 0 Å². The van der Waals surface area contributed by atoms with Crippen LogP contribution in [-0.4, -0.2) is 13.8 Å². The fraction of sp³-hybridized carbons (Fsp3) is 0.200. The van der Waals surface area contributed by atoms with Crippen molar-refractivity contribution in [1.29, 1.82) is 0 Å². The molecule has 0 radical (unpaired) electrons. The summed E-state index contributed by atoms with van der Waals surface area (Å²) in [6.45, 7) is 3.79. The van der Waals surface area contributed by atoms with Crippen LogP contribution in [0.4, 0.5) is 0 Å². The lowest BCUT2D eigenvalue weighted by Crippen LogP contribution is -1.95. The third kappa shape index (κ3) is 2.16. The van der Waals surface area contributed by atoms with E-state index in [1.165, 1.54) is 6.20 Å². The minimum Gasteiger partial charge on any atom is -0.248 e. The van der Waals surface area contributed by atoms with E-state index in [4.69, 9.17) is 11.6 Å². The number of benzene rings is 1. The van der Waals surface area contributed by atoms with Gasteiger partial charge >= 0.3 is 0 Å². The molecule has 0 amide bonds. The Bertz CT molecular complexity index is 540. The summed E-state index contributed by atoms with van der Waals surface area (Å²) >= 11 is 7.14. The van der Waals surface area contributed by atoms with Crippen molar-refractivity contribution >= 4 is 33.9 Å². The molecule has 0 aliphatic rings. The fourth-order valence-corrected chi connectivity index (χ4v) is 3.42. The van der Waals surface area contributed by atoms with E-state index in [1.807, 2.05) is 26.0 Å². The summed E-state index contributed by atoms with van der Waals surface area (Å²) in [4.78, 5) is 0.771. The number of nitrogens with zero attached hydrogens (tertiary/aromatic N) is 2. The maximum Gasteiger partial charge on any atom is 0.137 e. The van der Waals surface area contributed by atoms with E-state index in [9.17, 15) is 4.21 Å². The van der Waals surface area contributed by atoms with Crippen LogP contribution in [0, 0.1) is 13.8 Å². The van der Waals surface area contributed by atoms with E-state index >= 15 is 0 Å². The van der Waals surface area contributed by atoms with Gasteiger partial charge in [0.05, 0.1) is 17.0 Å². The van der Waals surface area contributed by atoms with Gasteiger partial charge in [0.2, 0.25) is 0 Å².